The first kappa shape index (κ1) is 12.1. The molecule has 0 aliphatic heterocycles. The summed E-state index contributed by atoms with van der Waals surface area (Å²) in [5.74, 6) is -0.188. The first-order valence-electron chi connectivity index (χ1n) is 5.47. The number of rotatable bonds is 4. The summed E-state index contributed by atoms with van der Waals surface area (Å²) in [6.45, 7) is 0.489. The summed E-state index contributed by atoms with van der Waals surface area (Å²) in [4.78, 5) is 0.645. The van der Waals surface area contributed by atoms with Crippen LogP contribution < -0.4 is 5.73 Å². The van der Waals surface area contributed by atoms with Crippen LogP contribution in [-0.2, 0) is 0 Å². The monoisotopic (exact) mass is 247 g/mol. The number of nitrogens with two attached hydrogens (primary N) is 1. The molecule has 1 atom stereocenters. The molecule has 0 bridgehead atoms. The Kier molecular flexibility index (Phi) is 4.18. The van der Waals surface area contributed by atoms with E-state index >= 15 is 0 Å². The lowest BCUT2D eigenvalue weighted by Gasteiger charge is -2.15. The van der Waals surface area contributed by atoms with Crippen molar-refractivity contribution in [2.75, 3.05) is 6.54 Å². The number of benzene rings is 2. The highest BCUT2D eigenvalue weighted by atomic mass is 32.2. The number of hydrogen-bond acceptors (Lipinski definition) is 2. The van der Waals surface area contributed by atoms with E-state index < -0.39 is 0 Å². The molecule has 0 radical (unpaired) electrons. The van der Waals surface area contributed by atoms with E-state index in [9.17, 15) is 4.39 Å². The fourth-order valence-corrected chi connectivity index (χ4v) is 2.65. The van der Waals surface area contributed by atoms with E-state index in [4.69, 9.17) is 5.73 Å². The van der Waals surface area contributed by atoms with E-state index in [-0.39, 0.29) is 11.1 Å². The topological polar surface area (TPSA) is 26.0 Å². The van der Waals surface area contributed by atoms with Gasteiger partial charge in [0, 0.05) is 16.7 Å². The van der Waals surface area contributed by atoms with Gasteiger partial charge >= 0.3 is 0 Å². The molecule has 0 saturated carbocycles. The predicted octanol–water partition coefficient (Wildman–Crippen LogP) is 3.62. The minimum absolute atomic E-state index is 0.0908. The number of thioether (sulfide) groups is 1. The first-order chi connectivity index (χ1) is 8.31. The molecular weight excluding hydrogens is 233 g/mol. The van der Waals surface area contributed by atoms with Crippen molar-refractivity contribution in [1.82, 2.24) is 0 Å². The molecule has 0 heterocycles. The highest BCUT2D eigenvalue weighted by Gasteiger charge is 2.13. The molecular formula is C14H14FNS. The van der Waals surface area contributed by atoms with Gasteiger partial charge in [-0.15, -0.1) is 11.8 Å². The Morgan fingerprint density at radius 2 is 1.65 bits per heavy atom. The van der Waals surface area contributed by atoms with Crippen molar-refractivity contribution in [2.45, 2.75) is 10.1 Å². The average molecular weight is 247 g/mol. The van der Waals surface area contributed by atoms with Crippen LogP contribution in [0.25, 0.3) is 0 Å². The summed E-state index contributed by atoms with van der Waals surface area (Å²) < 4.78 is 13.5. The molecule has 0 aliphatic carbocycles. The van der Waals surface area contributed by atoms with Crippen LogP contribution in [0, 0.1) is 5.82 Å². The predicted molar refractivity (Wildman–Crippen MR) is 70.5 cm³/mol. The van der Waals surface area contributed by atoms with Gasteiger partial charge < -0.3 is 5.73 Å². The Bertz CT molecular complexity index is 473. The van der Waals surface area contributed by atoms with Crippen molar-refractivity contribution in [3.8, 4) is 0 Å². The van der Waals surface area contributed by atoms with E-state index in [2.05, 4.69) is 0 Å². The maximum Gasteiger partial charge on any atom is 0.136 e. The number of hydrogen-bond donors (Lipinski definition) is 1. The second-order valence-corrected chi connectivity index (χ2v) is 4.93. The molecule has 0 amide bonds. The molecule has 2 aromatic carbocycles. The second-order valence-electron chi connectivity index (χ2n) is 3.68. The molecule has 0 aromatic heterocycles. The van der Waals surface area contributed by atoms with Crippen molar-refractivity contribution in [2.24, 2.45) is 5.73 Å². The van der Waals surface area contributed by atoms with Gasteiger partial charge in [0.2, 0.25) is 0 Å². The van der Waals surface area contributed by atoms with Crippen molar-refractivity contribution in [1.29, 1.82) is 0 Å². The van der Waals surface area contributed by atoms with Crippen molar-refractivity contribution >= 4 is 11.8 Å². The van der Waals surface area contributed by atoms with Crippen LogP contribution in [0.5, 0.6) is 0 Å². The first-order valence-corrected chi connectivity index (χ1v) is 6.35. The van der Waals surface area contributed by atoms with Crippen molar-refractivity contribution in [3.63, 3.8) is 0 Å². The van der Waals surface area contributed by atoms with Crippen LogP contribution in [0.15, 0.2) is 59.5 Å². The SMILES string of the molecule is NCC(Sc1ccccc1F)c1ccccc1. The van der Waals surface area contributed by atoms with Crippen molar-refractivity contribution in [3.05, 3.63) is 66.0 Å². The lowest BCUT2D eigenvalue weighted by Crippen LogP contribution is -2.09. The van der Waals surface area contributed by atoms with Crippen LogP contribution in [0.3, 0.4) is 0 Å². The van der Waals surface area contributed by atoms with Gasteiger partial charge in [-0.1, -0.05) is 42.5 Å². The highest BCUT2D eigenvalue weighted by molar-refractivity contribution is 7.99. The Balaban J connectivity index is 2.19. The van der Waals surface area contributed by atoms with Gasteiger partial charge in [0.25, 0.3) is 0 Å². The summed E-state index contributed by atoms with van der Waals surface area (Å²) in [6.07, 6.45) is 0. The Hall–Kier alpha value is -1.32. The average Bonchev–Trinajstić information content (AvgIpc) is 2.39. The van der Waals surface area contributed by atoms with Crippen LogP contribution in [0.4, 0.5) is 4.39 Å². The molecule has 88 valence electrons. The molecule has 2 N–H and O–H groups in total. The summed E-state index contributed by atoms with van der Waals surface area (Å²) in [5, 5.41) is 0.0908. The van der Waals surface area contributed by atoms with Gasteiger partial charge in [-0.2, -0.15) is 0 Å². The van der Waals surface area contributed by atoms with Crippen molar-refractivity contribution < 1.29 is 4.39 Å². The molecule has 17 heavy (non-hydrogen) atoms. The maximum atomic E-state index is 13.5. The third-order valence-corrected chi connectivity index (χ3v) is 3.83. The molecule has 1 unspecified atom stereocenters. The minimum atomic E-state index is -0.188. The Morgan fingerprint density at radius 3 is 2.29 bits per heavy atom. The summed E-state index contributed by atoms with van der Waals surface area (Å²) in [7, 11) is 0. The van der Waals surface area contributed by atoms with Crippen LogP contribution in [-0.4, -0.2) is 6.54 Å². The highest BCUT2D eigenvalue weighted by Crippen LogP contribution is 2.35. The second kappa shape index (κ2) is 5.84. The quantitative estimate of drug-likeness (QED) is 0.835. The Labute approximate surface area is 105 Å². The minimum Gasteiger partial charge on any atom is -0.329 e. The smallest absolute Gasteiger partial charge is 0.136 e. The summed E-state index contributed by atoms with van der Waals surface area (Å²) in [5.41, 5.74) is 6.89. The van der Waals surface area contributed by atoms with Gasteiger partial charge in [0.1, 0.15) is 5.82 Å². The molecule has 2 aromatic rings. The number of halogens is 1. The zero-order chi connectivity index (χ0) is 12.1. The molecule has 0 fully saturated rings. The van der Waals surface area contributed by atoms with E-state index in [0.717, 1.165) is 5.56 Å². The van der Waals surface area contributed by atoms with Gasteiger partial charge in [0.15, 0.2) is 0 Å². The van der Waals surface area contributed by atoms with E-state index in [1.54, 1.807) is 12.1 Å². The zero-order valence-electron chi connectivity index (χ0n) is 9.34. The fraction of sp³-hybridized carbons (Fsp3) is 0.143. The van der Waals surface area contributed by atoms with Gasteiger partial charge in [-0.05, 0) is 17.7 Å². The molecule has 0 saturated heterocycles. The van der Waals surface area contributed by atoms with Gasteiger partial charge in [-0.3, -0.25) is 0 Å². The third-order valence-electron chi connectivity index (χ3n) is 2.49. The molecule has 3 heteroatoms. The van der Waals surface area contributed by atoms with Crippen LogP contribution >= 0.6 is 11.8 Å². The largest absolute Gasteiger partial charge is 0.329 e. The molecule has 1 nitrogen and oxygen atoms in total. The lowest BCUT2D eigenvalue weighted by atomic mass is 10.1. The lowest BCUT2D eigenvalue weighted by molar-refractivity contribution is 0.601. The van der Waals surface area contributed by atoms with Crippen LogP contribution in [0.1, 0.15) is 10.8 Å². The van der Waals surface area contributed by atoms with E-state index in [1.807, 2.05) is 36.4 Å². The third kappa shape index (κ3) is 3.08. The molecule has 0 spiro atoms. The summed E-state index contributed by atoms with van der Waals surface area (Å²) >= 11 is 1.47. The van der Waals surface area contributed by atoms with Gasteiger partial charge in [-0.25, -0.2) is 4.39 Å². The molecule has 0 aliphatic rings. The van der Waals surface area contributed by atoms with E-state index in [1.165, 1.54) is 17.8 Å². The zero-order valence-corrected chi connectivity index (χ0v) is 10.2. The Morgan fingerprint density at radius 1 is 1.00 bits per heavy atom. The fourth-order valence-electron chi connectivity index (χ4n) is 1.61. The van der Waals surface area contributed by atoms with Gasteiger partial charge in [0.05, 0.1) is 0 Å². The normalized spacial score (nSPS) is 12.4. The summed E-state index contributed by atoms with van der Waals surface area (Å²) in [6, 6.07) is 16.7. The maximum absolute atomic E-state index is 13.5. The standard InChI is InChI=1S/C14H14FNS/c15-12-8-4-5-9-13(12)17-14(10-16)11-6-2-1-3-7-11/h1-9,14H,10,16H2. The molecule has 2 rings (SSSR count). The van der Waals surface area contributed by atoms with Crippen LogP contribution in [0.2, 0.25) is 0 Å². The van der Waals surface area contributed by atoms with E-state index in [0.29, 0.717) is 11.4 Å².